The number of methoxy groups -OCH3 is 1. The molecule has 14 nitrogen and oxygen atoms in total. The molecule has 1 saturated carbocycles. The van der Waals surface area contributed by atoms with Gasteiger partial charge >= 0.3 is 5.69 Å². The highest BCUT2D eigenvalue weighted by Crippen LogP contribution is 2.59. The van der Waals surface area contributed by atoms with Crippen molar-refractivity contribution in [3.8, 4) is 11.3 Å². The standard InChI is InChI=1S/C27H27F2N9O5.H2/c1-14(38-13-32-22-21(38)24(41)37(26(42)35(22)2)9-16(39)12-43-3)23(40)34-20-6-4-5-19(33-20)15-7-30-25(31-8-15)36-10-17-18(11-36)27(17,28)29;/h4-8,13-14,17-18H,9-12H2,1-3H3,(H,33,34,40);1H/t14-,17?,18?;/m0./s1. The number of piperidine rings is 1. The van der Waals surface area contributed by atoms with E-state index in [1.54, 1.807) is 42.4 Å². The van der Waals surface area contributed by atoms with Gasteiger partial charge in [-0.15, -0.1) is 0 Å². The largest absolute Gasteiger partial charge is 0.377 e. The number of Topliss-reactive ketones (excluding diaryl/α,β-unsaturated/α-hetero) is 1. The average molecular weight is 598 g/mol. The molecular formula is C27H29F2N9O5. The number of ether oxygens (including phenoxy) is 1. The van der Waals surface area contributed by atoms with Crippen LogP contribution in [-0.2, 0) is 27.9 Å². The van der Waals surface area contributed by atoms with E-state index in [1.165, 1.54) is 25.1 Å². The molecule has 4 aromatic heterocycles. The Labute approximate surface area is 243 Å². The fraction of sp³-hybridized carbons (Fsp3) is 0.407. The Morgan fingerprint density at radius 2 is 1.86 bits per heavy atom. The molecule has 2 unspecified atom stereocenters. The number of ketones is 1. The van der Waals surface area contributed by atoms with Crippen molar-refractivity contribution in [2.24, 2.45) is 18.9 Å². The topological polar surface area (TPSA) is 159 Å². The van der Waals surface area contributed by atoms with Crippen molar-refractivity contribution >= 4 is 34.6 Å². The van der Waals surface area contributed by atoms with Gasteiger partial charge in [-0.3, -0.25) is 23.5 Å². The Balaban J connectivity index is 0.00000384. The number of alkyl halides is 2. The maximum Gasteiger partial charge on any atom is 0.332 e. The number of hydrogen-bond donors (Lipinski definition) is 1. The number of carbonyl (C=O) groups excluding carboxylic acids is 2. The third kappa shape index (κ3) is 4.86. The molecule has 43 heavy (non-hydrogen) atoms. The van der Waals surface area contributed by atoms with Gasteiger partial charge in [-0.05, 0) is 19.1 Å². The molecule has 16 heteroatoms. The van der Waals surface area contributed by atoms with E-state index >= 15 is 0 Å². The van der Waals surface area contributed by atoms with Gasteiger partial charge in [0.05, 0.1) is 30.4 Å². The number of fused-ring (bicyclic) bond motifs is 2. The van der Waals surface area contributed by atoms with E-state index in [9.17, 15) is 28.0 Å². The van der Waals surface area contributed by atoms with Crippen LogP contribution in [0.1, 0.15) is 14.4 Å². The van der Waals surface area contributed by atoms with Gasteiger partial charge in [0.25, 0.3) is 11.5 Å². The number of nitrogens with one attached hydrogen (secondary N) is 1. The second-order valence-electron chi connectivity index (χ2n) is 10.7. The third-order valence-electron chi connectivity index (χ3n) is 7.91. The van der Waals surface area contributed by atoms with Crippen molar-refractivity contribution in [2.45, 2.75) is 25.4 Å². The lowest BCUT2D eigenvalue weighted by Crippen LogP contribution is -2.42. The van der Waals surface area contributed by atoms with Gasteiger partial charge in [-0.1, -0.05) is 6.07 Å². The highest BCUT2D eigenvalue weighted by atomic mass is 19.3. The predicted molar refractivity (Wildman–Crippen MR) is 151 cm³/mol. The van der Waals surface area contributed by atoms with Crippen LogP contribution in [0.5, 0.6) is 0 Å². The van der Waals surface area contributed by atoms with Crippen molar-refractivity contribution in [1.82, 2.24) is 33.6 Å². The number of hydrogen-bond acceptors (Lipinski definition) is 10. The molecule has 0 spiro atoms. The summed E-state index contributed by atoms with van der Waals surface area (Å²) in [6, 6.07) is 4.03. The molecule has 226 valence electrons. The highest BCUT2D eigenvalue weighted by Gasteiger charge is 2.72. The molecule has 1 aliphatic heterocycles. The molecule has 1 amide bonds. The van der Waals surface area contributed by atoms with E-state index < -0.39 is 53.3 Å². The Kier molecular flexibility index (Phi) is 6.87. The van der Waals surface area contributed by atoms with Gasteiger partial charge < -0.3 is 19.5 Å². The molecule has 6 rings (SSSR count). The van der Waals surface area contributed by atoms with Crippen LogP contribution in [0, 0.1) is 11.8 Å². The highest BCUT2D eigenvalue weighted by molar-refractivity contribution is 5.93. The summed E-state index contributed by atoms with van der Waals surface area (Å²) in [5.74, 6) is -4.26. The maximum absolute atomic E-state index is 13.5. The first-order chi connectivity index (χ1) is 20.5. The monoisotopic (exact) mass is 597 g/mol. The van der Waals surface area contributed by atoms with E-state index in [4.69, 9.17) is 4.74 Å². The number of nitrogens with zero attached hydrogens (tertiary/aromatic N) is 8. The molecule has 0 radical (unpaired) electrons. The summed E-state index contributed by atoms with van der Waals surface area (Å²) in [6.45, 7) is 1.23. The lowest BCUT2D eigenvalue weighted by atomic mass is 10.2. The zero-order chi connectivity index (χ0) is 30.6. The van der Waals surface area contributed by atoms with Gasteiger partial charge in [0, 0.05) is 46.6 Å². The van der Waals surface area contributed by atoms with Gasteiger partial charge in [0.2, 0.25) is 11.9 Å². The summed E-state index contributed by atoms with van der Waals surface area (Å²) in [5, 5.41) is 2.72. The Morgan fingerprint density at radius 3 is 2.53 bits per heavy atom. The maximum atomic E-state index is 13.5. The van der Waals surface area contributed by atoms with Crippen LogP contribution in [0.25, 0.3) is 22.4 Å². The summed E-state index contributed by atoms with van der Waals surface area (Å²) < 4.78 is 35.1. The fourth-order valence-electron chi connectivity index (χ4n) is 5.42. The Bertz CT molecular complexity index is 1860. The van der Waals surface area contributed by atoms with Crippen LogP contribution >= 0.6 is 0 Å². The molecule has 0 bridgehead atoms. The van der Waals surface area contributed by atoms with Gasteiger partial charge in [0.15, 0.2) is 16.9 Å². The van der Waals surface area contributed by atoms with Crippen LogP contribution in [-0.4, -0.2) is 78.1 Å². The second kappa shape index (κ2) is 10.4. The van der Waals surface area contributed by atoms with Crippen molar-refractivity contribution in [2.75, 3.05) is 37.0 Å². The van der Waals surface area contributed by atoms with Crippen LogP contribution in [0.3, 0.4) is 0 Å². The number of aromatic nitrogens is 7. The molecule has 2 aliphatic rings. The average Bonchev–Trinajstić information content (AvgIpc) is 3.41. The number of imidazole rings is 1. The SMILES string of the molecule is COCC(=O)Cn1c(=O)c2c(ncn2[C@@H](C)C(=O)Nc2cccc(-c3cnc(N4CC5C(C4)C5(F)F)nc3)n2)n(C)c1=O.[HH]. The summed E-state index contributed by atoms with van der Waals surface area (Å²) >= 11 is 0. The predicted octanol–water partition coefficient (Wildman–Crippen LogP) is 1.11. The normalized spacial score (nSPS) is 19.3. The van der Waals surface area contributed by atoms with Crippen LogP contribution < -0.4 is 21.5 Å². The van der Waals surface area contributed by atoms with E-state index in [2.05, 4.69) is 25.3 Å². The van der Waals surface area contributed by atoms with Gasteiger partial charge in [-0.25, -0.2) is 33.5 Å². The lowest BCUT2D eigenvalue weighted by molar-refractivity contribution is -0.123. The van der Waals surface area contributed by atoms with Crippen molar-refractivity contribution in [3.05, 3.63) is 57.8 Å². The minimum atomic E-state index is -2.59. The van der Waals surface area contributed by atoms with E-state index in [0.29, 0.717) is 17.2 Å². The minimum absolute atomic E-state index is 0. The molecule has 4 aromatic rings. The molecule has 5 heterocycles. The first kappa shape index (κ1) is 28.3. The zero-order valence-corrected chi connectivity index (χ0v) is 23.4. The van der Waals surface area contributed by atoms with Crippen molar-refractivity contribution in [3.63, 3.8) is 0 Å². The summed E-state index contributed by atoms with van der Waals surface area (Å²) in [7, 11) is 2.75. The van der Waals surface area contributed by atoms with Gasteiger partial charge in [-0.2, -0.15) is 0 Å². The number of anilines is 2. The summed E-state index contributed by atoms with van der Waals surface area (Å²) in [6.07, 6.45) is 4.38. The molecule has 1 aliphatic carbocycles. The smallest absolute Gasteiger partial charge is 0.332 e. The van der Waals surface area contributed by atoms with Crippen LogP contribution in [0.2, 0.25) is 0 Å². The molecule has 3 atom stereocenters. The summed E-state index contributed by atoms with van der Waals surface area (Å²) in [5.41, 5.74) is -0.405. The number of carbonyl (C=O) groups is 2. The van der Waals surface area contributed by atoms with Gasteiger partial charge in [0.1, 0.15) is 18.5 Å². The molecule has 2 fully saturated rings. The second-order valence-corrected chi connectivity index (χ2v) is 10.7. The zero-order valence-electron chi connectivity index (χ0n) is 23.4. The number of aryl methyl sites for hydroxylation is 1. The Hall–Kier alpha value is -4.86. The number of pyridine rings is 1. The molecule has 1 saturated heterocycles. The Morgan fingerprint density at radius 1 is 1.16 bits per heavy atom. The first-order valence-electron chi connectivity index (χ1n) is 13.4. The molecule has 0 aromatic carbocycles. The molecule has 1 N–H and O–H groups in total. The first-order valence-corrected chi connectivity index (χ1v) is 13.4. The lowest BCUT2D eigenvalue weighted by Gasteiger charge is -2.19. The minimum Gasteiger partial charge on any atom is -0.377 e. The van der Waals surface area contributed by atoms with Crippen molar-refractivity contribution < 1.29 is 24.5 Å². The fourth-order valence-corrected chi connectivity index (χ4v) is 5.42. The van der Waals surface area contributed by atoms with E-state index in [-0.39, 0.29) is 38.1 Å². The van der Waals surface area contributed by atoms with Crippen LogP contribution in [0.15, 0.2) is 46.5 Å². The molecular weight excluding hydrogens is 568 g/mol. The number of rotatable bonds is 9. The summed E-state index contributed by atoms with van der Waals surface area (Å²) in [4.78, 5) is 70.4. The van der Waals surface area contributed by atoms with E-state index in [0.717, 1.165) is 9.13 Å². The third-order valence-corrected chi connectivity index (χ3v) is 7.91. The number of halogens is 2. The van der Waals surface area contributed by atoms with Crippen molar-refractivity contribution in [1.29, 1.82) is 0 Å². The van der Waals surface area contributed by atoms with Crippen LogP contribution in [0.4, 0.5) is 20.5 Å². The van der Waals surface area contributed by atoms with E-state index in [1.807, 2.05) is 0 Å². The quantitative estimate of drug-likeness (QED) is 0.296. The number of amides is 1.